The summed E-state index contributed by atoms with van der Waals surface area (Å²) in [6.45, 7) is 0.289. The third kappa shape index (κ3) is 4.51. The van der Waals surface area contributed by atoms with Crippen LogP contribution in [0.25, 0.3) is 11.3 Å². The number of carbonyl (C=O) groups excluding carboxylic acids is 1. The van der Waals surface area contributed by atoms with Crippen LogP contribution in [-0.2, 0) is 12.6 Å². The van der Waals surface area contributed by atoms with E-state index in [1.165, 1.54) is 18.3 Å². The highest BCUT2D eigenvalue weighted by Crippen LogP contribution is 2.29. The second-order valence-electron chi connectivity index (χ2n) is 6.09. The van der Waals surface area contributed by atoms with Crippen LogP contribution in [-0.4, -0.2) is 29.8 Å². The van der Waals surface area contributed by atoms with Crippen LogP contribution in [0.1, 0.15) is 21.5 Å². The number of alkyl halides is 3. The molecule has 0 saturated heterocycles. The van der Waals surface area contributed by atoms with Crippen molar-refractivity contribution in [2.45, 2.75) is 12.6 Å². The summed E-state index contributed by atoms with van der Waals surface area (Å²) in [5.74, 6) is 0.386. The lowest BCUT2D eigenvalue weighted by Crippen LogP contribution is -2.25. The van der Waals surface area contributed by atoms with Crippen LogP contribution >= 0.6 is 0 Å². The molecule has 28 heavy (non-hydrogen) atoms. The molecule has 0 unspecified atom stereocenters. The second kappa shape index (κ2) is 8.16. The third-order valence-corrected chi connectivity index (χ3v) is 4.24. The molecular formula is C20H18F3N3O2. The fourth-order valence-electron chi connectivity index (χ4n) is 2.71. The van der Waals surface area contributed by atoms with Gasteiger partial charge in [-0.25, -0.2) is 0 Å². The molecule has 0 fully saturated rings. The Kier molecular flexibility index (Phi) is 5.67. The van der Waals surface area contributed by atoms with Gasteiger partial charge in [0.05, 0.1) is 30.1 Å². The van der Waals surface area contributed by atoms with Crippen molar-refractivity contribution in [2.75, 3.05) is 13.7 Å². The minimum Gasteiger partial charge on any atom is -0.497 e. The van der Waals surface area contributed by atoms with Gasteiger partial charge in [-0.1, -0.05) is 12.1 Å². The monoisotopic (exact) mass is 389 g/mol. The first kappa shape index (κ1) is 19.5. The zero-order valence-electron chi connectivity index (χ0n) is 15.0. The quantitative estimate of drug-likeness (QED) is 0.668. The number of nitrogens with one attached hydrogen (secondary N) is 2. The van der Waals surface area contributed by atoms with Crippen molar-refractivity contribution in [3.63, 3.8) is 0 Å². The Morgan fingerprint density at radius 1 is 1.11 bits per heavy atom. The second-order valence-corrected chi connectivity index (χ2v) is 6.09. The number of hydrogen-bond donors (Lipinski definition) is 2. The third-order valence-electron chi connectivity index (χ3n) is 4.24. The molecule has 0 spiro atoms. The van der Waals surface area contributed by atoms with Crippen molar-refractivity contribution in [2.24, 2.45) is 0 Å². The van der Waals surface area contributed by atoms with Crippen molar-refractivity contribution < 1.29 is 22.7 Å². The van der Waals surface area contributed by atoms with Crippen LogP contribution in [0.2, 0.25) is 0 Å². The van der Waals surface area contributed by atoms with E-state index >= 15 is 0 Å². The van der Waals surface area contributed by atoms with Gasteiger partial charge >= 0.3 is 6.18 Å². The first-order valence-corrected chi connectivity index (χ1v) is 8.50. The highest BCUT2D eigenvalue weighted by Gasteiger charge is 2.29. The van der Waals surface area contributed by atoms with Crippen molar-refractivity contribution >= 4 is 5.91 Å². The van der Waals surface area contributed by atoms with Crippen LogP contribution < -0.4 is 10.1 Å². The molecule has 5 nitrogen and oxygen atoms in total. The van der Waals surface area contributed by atoms with E-state index in [-0.39, 0.29) is 12.5 Å². The molecule has 2 N–H and O–H groups in total. The molecule has 0 aliphatic rings. The predicted octanol–water partition coefficient (Wildman–Crippen LogP) is 4.08. The summed E-state index contributed by atoms with van der Waals surface area (Å²) in [5, 5.41) is 9.51. The van der Waals surface area contributed by atoms with Crippen LogP contribution in [0, 0.1) is 0 Å². The van der Waals surface area contributed by atoms with E-state index in [2.05, 4.69) is 15.5 Å². The van der Waals surface area contributed by atoms with Gasteiger partial charge in [0.15, 0.2) is 0 Å². The lowest BCUT2D eigenvalue weighted by molar-refractivity contribution is -0.137. The van der Waals surface area contributed by atoms with Gasteiger partial charge in [0.2, 0.25) is 0 Å². The van der Waals surface area contributed by atoms with Crippen molar-refractivity contribution in [3.8, 4) is 17.0 Å². The molecule has 3 rings (SSSR count). The number of rotatable bonds is 6. The number of carbonyl (C=O) groups is 1. The number of ether oxygens (including phenoxy) is 1. The zero-order valence-corrected chi connectivity index (χ0v) is 15.0. The number of halogens is 3. The maximum Gasteiger partial charge on any atom is 0.416 e. The number of benzene rings is 2. The van der Waals surface area contributed by atoms with Crippen LogP contribution in [0.15, 0.2) is 54.7 Å². The summed E-state index contributed by atoms with van der Waals surface area (Å²) >= 11 is 0. The van der Waals surface area contributed by atoms with E-state index in [9.17, 15) is 18.0 Å². The molecule has 146 valence electrons. The van der Waals surface area contributed by atoms with E-state index in [4.69, 9.17) is 4.74 Å². The predicted molar refractivity (Wildman–Crippen MR) is 98.1 cm³/mol. The lowest BCUT2D eigenvalue weighted by Gasteiger charge is -2.09. The van der Waals surface area contributed by atoms with Gasteiger partial charge in [0.1, 0.15) is 5.75 Å². The van der Waals surface area contributed by atoms with E-state index in [1.807, 2.05) is 12.1 Å². The van der Waals surface area contributed by atoms with E-state index in [1.54, 1.807) is 19.2 Å². The van der Waals surface area contributed by atoms with E-state index < -0.39 is 11.7 Å². The Morgan fingerprint density at radius 2 is 1.79 bits per heavy atom. The average Bonchev–Trinajstić information content (AvgIpc) is 3.17. The fourth-order valence-corrected chi connectivity index (χ4v) is 2.71. The number of H-pyrrole nitrogens is 1. The van der Waals surface area contributed by atoms with Gasteiger partial charge in [-0.15, -0.1) is 0 Å². The smallest absolute Gasteiger partial charge is 0.416 e. The standard InChI is InChI=1S/C20H18F3N3O2/c1-28-16-8-4-14(5-9-16)18-17(12-25-26-18)19(27)24-11-10-13-2-6-15(7-3-13)20(21,22)23/h2-9,12H,10-11H2,1H3,(H,24,27)(H,25,26). The van der Waals surface area contributed by atoms with Gasteiger partial charge in [-0.3, -0.25) is 9.89 Å². The van der Waals surface area contributed by atoms with Gasteiger partial charge in [-0.2, -0.15) is 18.3 Å². The number of hydrogen-bond acceptors (Lipinski definition) is 3. The molecule has 8 heteroatoms. The molecule has 3 aromatic rings. The minimum atomic E-state index is -4.36. The van der Waals surface area contributed by atoms with Crippen LogP contribution in [0.4, 0.5) is 13.2 Å². The summed E-state index contributed by atoms with van der Waals surface area (Å²) < 4.78 is 42.9. The molecule has 0 atom stereocenters. The molecule has 0 bridgehead atoms. The SMILES string of the molecule is COc1ccc(-c2[nH]ncc2C(=O)NCCc2ccc(C(F)(F)F)cc2)cc1. The maximum atomic E-state index is 12.6. The molecule has 0 radical (unpaired) electrons. The van der Waals surface area contributed by atoms with Crippen molar-refractivity contribution in [3.05, 3.63) is 71.4 Å². The highest BCUT2D eigenvalue weighted by atomic mass is 19.4. The molecular weight excluding hydrogens is 371 g/mol. The molecule has 0 aliphatic carbocycles. The minimum absolute atomic E-state index is 0.289. The summed E-state index contributed by atoms with van der Waals surface area (Å²) in [7, 11) is 1.57. The molecule has 0 saturated carbocycles. The number of aromatic amines is 1. The van der Waals surface area contributed by atoms with Gasteiger partial charge < -0.3 is 10.1 Å². The van der Waals surface area contributed by atoms with Crippen molar-refractivity contribution in [1.29, 1.82) is 0 Å². The van der Waals surface area contributed by atoms with Crippen LogP contribution in [0.5, 0.6) is 5.75 Å². The number of methoxy groups -OCH3 is 1. The van der Waals surface area contributed by atoms with Crippen LogP contribution in [0.3, 0.4) is 0 Å². The largest absolute Gasteiger partial charge is 0.497 e. The average molecular weight is 389 g/mol. The molecule has 1 heterocycles. The topological polar surface area (TPSA) is 67.0 Å². The summed E-state index contributed by atoms with van der Waals surface area (Å²) in [6.07, 6.45) is -2.50. The fraction of sp³-hybridized carbons (Fsp3) is 0.200. The van der Waals surface area contributed by atoms with Gasteiger partial charge in [0, 0.05) is 12.1 Å². The molecule has 0 aliphatic heterocycles. The Hall–Kier alpha value is -3.29. The molecule has 1 aromatic heterocycles. The number of aromatic nitrogens is 2. The zero-order chi connectivity index (χ0) is 20.1. The highest BCUT2D eigenvalue weighted by molar-refractivity contribution is 5.99. The first-order chi connectivity index (χ1) is 13.4. The van der Waals surface area contributed by atoms with E-state index in [0.29, 0.717) is 29.0 Å². The normalized spacial score (nSPS) is 11.3. The van der Waals surface area contributed by atoms with Gasteiger partial charge in [-0.05, 0) is 48.4 Å². The van der Waals surface area contributed by atoms with Gasteiger partial charge in [0.25, 0.3) is 5.91 Å². The summed E-state index contributed by atoms with van der Waals surface area (Å²) in [5.41, 5.74) is 1.76. The molecule has 2 aromatic carbocycles. The van der Waals surface area contributed by atoms with E-state index in [0.717, 1.165) is 17.7 Å². The Balaban J connectivity index is 1.61. The Bertz CT molecular complexity index is 933. The maximum absolute atomic E-state index is 12.6. The number of amides is 1. The first-order valence-electron chi connectivity index (χ1n) is 8.50. The van der Waals surface area contributed by atoms with Crippen molar-refractivity contribution in [1.82, 2.24) is 15.5 Å². The summed E-state index contributed by atoms with van der Waals surface area (Å²) in [6, 6.07) is 12.1. The Labute approximate surface area is 159 Å². The number of nitrogens with zero attached hydrogens (tertiary/aromatic N) is 1. The summed E-state index contributed by atoms with van der Waals surface area (Å²) in [4.78, 5) is 12.5. The Morgan fingerprint density at radius 3 is 2.39 bits per heavy atom. The molecule has 1 amide bonds. The lowest BCUT2D eigenvalue weighted by atomic mass is 10.1.